The molecule has 0 radical (unpaired) electrons. The molecule has 0 aliphatic carbocycles. The van der Waals surface area contributed by atoms with Crippen molar-refractivity contribution in [3.63, 3.8) is 0 Å². The largest absolute Gasteiger partial charge is 0.497 e. The van der Waals surface area contributed by atoms with Gasteiger partial charge in [-0.1, -0.05) is 34.8 Å². The first-order valence-electron chi connectivity index (χ1n) is 10.1. The average Bonchev–Trinajstić information content (AvgIpc) is 2.83. The maximum absolute atomic E-state index is 13.4. The van der Waals surface area contributed by atoms with Gasteiger partial charge in [-0.2, -0.15) is 0 Å². The van der Waals surface area contributed by atoms with E-state index in [1.165, 1.54) is 19.1 Å². The van der Waals surface area contributed by atoms with Crippen molar-refractivity contribution in [1.82, 2.24) is 0 Å². The smallest absolute Gasteiger partial charge is 0.265 e. The van der Waals surface area contributed by atoms with Gasteiger partial charge in [0, 0.05) is 15.6 Å². The number of fused-ring (bicyclic) bond motifs is 1. The highest BCUT2D eigenvalue weighted by molar-refractivity contribution is 6.35. The van der Waals surface area contributed by atoms with E-state index in [9.17, 15) is 9.59 Å². The van der Waals surface area contributed by atoms with Crippen LogP contribution in [0.4, 0.5) is 5.69 Å². The molecule has 4 rings (SSSR count). The van der Waals surface area contributed by atoms with E-state index in [4.69, 9.17) is 48.7 Å². The van der Waals surface area contributed by atoms with Gasteiger partial charge in [0.25, 0.3) is 5.91 Å². The fourth-order valence-electron chi connectivity index (χ4n) is 3.25. The van der Waals surface area contributed by atoms with Crippen molar-refractivity contribution in [3.05, 3.63) is 86.0 Å². The highest BCUT2D eigenvalue weighted by Crippen LogP contribution is 2.33. The van der Waals surface area contributed by atoms with E-state index in [-0.39, 0.29) is 16.9 Å². The molecule has 9 heteroatoms. The molecule has 0 saturated carbocycles. The zero-order valence-corrected chi connectivity index (χ0v) is 20.3. The van der Waals surface area contributed by atoms with Crippen LogP contribution < -0.4 is 20.2 Å². The van der Waals surface area contributed by atoms with Crippen LogP contribution in [0.2, 0.25) is 15.1 Å². The van der Waals surface area contributed by atoms with E-state index < -0.39 is 17.4 Å². The van der Waals surface area contributed by atoms with Crippen LogP contribution in [0.15, 0.2) is 69.9 Å². The van der Waals surface area contributed by atoms with E-state index in [1.807, 2.05) is 0 Å². The van der Waals surface area contributed by atoms with E-state index >= 15 is 0 Å². The number of hydrogen-bond acceptors (Lipinski definition) is 5. The van der Waals surface area contributed by atoms with Gasteiger partial charge >= 0.3 is 0 Å². The predicted octanol–water partition coefficient (Wildman–Crippen LogP) is 6.83. The molecule has 0 spiro atoms. The van der Waals surface area contributed by atoms with Crippen molar-refractivity contribution in [2.45, 2.75) is 13.0 Å². The lowest BCUT2D eigenvalue weighted by molar-refractivity contribution is -0.122. The molecule has 1 N–H and O–H groups in total. The molecule has 1 atom stereocenters. The molecule has 174 valence electrons. The van der Waals surface area contributed by atoms with Crippen molar-refractivity contribution in [2.24, 2.45) is 0 Å². The third-order valence-corrected chi connectivity index (χ3v) is 5.81. The quantitative estimate of drug-likeness (QED) is 0.302. The second-order valence-electron chi connectivity index (χ2n) is 7.33. The number of ether oxygens (including phenoxy) is 2. The summed E-state index contributed by atoms with van der Waals surface area (Å²) in [4.78, 5) is 26.2. The number of nitrogens with one attached hydrogen (secondary N) is 1. The topological polar surface area (TPSA) is 77.8 Å². The van der Waals surface area contributed by atoms with Gasteiger partial charge in [-0.3, -0.25) is 9.59 Å². The first kappa shape index (κ1) is 24.0. The highest BCUT2D eigenvalue weighted by Gasteiger charge is 2.24. The molecule has 0 aliphatic rings. The standard InChI is InChI=1S/C25H18Cl3NO5/c1-13(25(31)29-20-12-16(27)5-9-19(20)28)33-24-22(30)18-11-15(26)6-10-21(18)34-23(24)14-3-7-17(32-2)8-4-14/h3-13H,1-2H3,(H,29,31). The minimum Gasteiger partial charge on any atom is -0.497 e. The van der Waals surface area contributed by atoms with Crippen LogP contribution in [0.3, 0.4) is 0 Å². The van der Waals surface area contributed by atoms with Gasteiger partial charge in [-0.25, -0.2) is 0 Å². The molecule has 6 nitrogen and oxygen atoms in total. The lowest BCUT2D eigenvalue weighted by atomic mass is 10.1. The Bertz CT molecular complexity index is 1430. The Morgan fingerprint density at radius 1 is 0.971 bits per heavy atom. The van der Waals surface area contributed by atoms with Crippen molar-refractivity contribution >= 4 is 57.4 Å². The van der Waals surface area contributed by atoms with Crippen molar-refractivity contribution < 1.29 is 18.7 Å². The Kier molecular flexibility index (Phi) is 7.03. The molecule has 4 aromatic rings. The first-order valence-corrected chi connectivity index (χ1v) is 11.2. The third kappa shape index (κ3) is 4.99. The summed E-state index contributed by atoms with van der Waals surface area (Å²) in [7, 11) is 1.55. The minimum absolute atomic E-state index is 0.125. The predicted molar refractivity (Wildman–Crippen MR) is 135 cm³/mol. The normalized spacial score (nSPS) is 11.8. The van der Waals surface area contributed by atoms with Crippen LogP contribution in [-0.2, 0) is 4.79 Å². The summed E-state index contributed by atoms with van der Waals surface area (Å²) in [6, 6.07) is 16.3. The molecule has 0 bridgehead atoms. The second kappa shape index (κ2) is 9.97. The number of carbonyl (C=O) groups is 1. The van der Waals surface area contributed by atoms with E-state index in [0.717, 1.165) is 0 Å². The molecular formula is C25H18Cl3NO5. The summed E-state index contributed by atoms with van der Waals surface area (Å²) in [5.41, 5.74) is 0.753. The highest BCUT2D eigenvalue weighted by atomic mass is 35.5. The van der Waals surface area contributed by atoms with Crippen molar-refractivity contribution in [1.29, 1.82) is 0 Å². The zero-order valence-electron chi connectivity index (χ0n) is 18.0. The number of carbonyl (C=O) groups excluding carboxylic acids is 1. The number of halogens is 3. The number of methoxy groups -OCH3 is 1. The summed E-state index contributed by atoms with van der Waals surface area (Å²) < 4.78 is 17.1. The maximum Gasteiger partial charge on any atom is 0.265 e. The Morgan fingerprint density at radius 3 is 2.35 bits per heavy atom. The van der Waals surface area contributed by atoms with Crippen molar-refractivity contribution in [3.8, 4) is 22.8 Å². The SMILES string of the molecule is COc1ccc(-c2oc3ccc(Cl)cc3c(=O)c2OC(C)C(=O)Nc2cc(Cl)ccc2Cl)cc1. The lowest BCUT2D eigenvalue weighted by Gasteiger charge is -2.17. The first-order chi connectivity index (χ1) is 16.3. The third-order valence-electron chi connectivity index (χ3n) is 5.01. The molecule has 1 amide bonds. The summed E-state index contributed by atoms with van der Waals surface area (Å²) in [6.07, 6.45) is -1.08. The fourth-order valence-corrected chi connectivity index (χ4v) is 3.76. The Morgan fingerprint density at radius 2 is 1.65 bits per heavy atom. The fraction of sp³-hybridized carbons (Fsp3) is 0.120. The average molecular weight is 519 g/mol. The van der Waals surface area contributed by atoms with Crippen LogP contribution in [-0.4, -0.2) is 19.1 Å². The summed E-state index contributed by atoms with van der Waals surface area (Å²) in [5.74, 6) is 0.144. The van der Waals surface area contributed by atoms with E-state index in [1.54, 1.807) is 55.6 Å². The Hall–Kier alpha value is -3.19. The van der Waals surface area contributed by atoms with Gasteiger partial charge in [0.1, 0.15) is 11.3 Å². The Labute approximate surface area is 210 Å². The molecule has 0 saturated heterocycles. The van der Waals surface area contributed by atoms with Crippen LogP contribution in [0.1, 0.15) is 6.92 Å². The van der Waals surface area contributed by atoms with Gasteiger partial charge in [0.2, 0.25) is 11.2 Å². The second-order valence-corrected chi connectivity index (χ2v) is 8.61. The van der Waals surface area contributed by atoms with Crippen LogP contribution in [0.5, 0.6) is 11.5 Å². The maximum atomic E-state index is 13.4. The molecule has 3 aromatic carbocycles. The number of hydrogen-bond donors (Lipinski definition) is 1. The summed E-state index contributed by atoms with van der Waals surface area (Å²) in [6.45, 7) is 1.51. The number of anilines is 1. The van der Waals surface area contributed by atoms with Crippen LogP contribution >= 0.6 is 34.8 Å². The lowest BCUT2D eigenvalue weighted by Crippen LogP contribution is -2.32. The van der Waals surface area contributed by atoms with Crippen molar-refractivity contribution in [2.75, 3.05) is 12.4 Å². The molecule has 0 fully saturated rings. The number of rotatable bonds is 6. The molecule has 1 aromatic heterocycles. The van der Waals surface area contributed by atoms with Gasteiger partial charge in [-0.05, 0) is 67.6 Å². The molecule has 1 heterocycles. The van der Waals surface area contributed by atoms with Gasteiger partial charge < -0.3 is 19.2 Å². The van der Waals surface area contributed by atoms with Gasteiger partial charge in [-0.15, -0.1) is 0 Å². The summed E-state index contributed by atoms with van der Waals surface area (Å²) >= 11 is 18.2. The molecule has 34 heavy (non-hydrogen) atoms. The van der Waals surface area contributed by atoms with Crippen LogP contribution in [0.25, 0.3) is 22.3 Å². The monoisotopic (exact) mass is 517 g/mol. The number of amides is 1. The van der Waals surface area contributed by atoms with E-state index in [0.29, 0.717) is 37.7 Å². The molecular weight excluding hydrogens is 501 g/mol. The summed E-state index contributed by atoms with van der Waals surface area (Å²) in [5, 5.41) is 3.97. The van der Waals surface area contributed by atoms with Crippen LogP contribution in [0, 0.1) is 0 Å². The minimum atomic E-state index is -1.08. The molecule has 1 unspecified atom stereocenters. The number of benzene rings is 3. The molecule has 0 aliphatic heterocycles. The zero-order chi connectivity index (χ0) is 24.4. The Balaban J connectivity index is 1.74. The van der Waals surface area contributed by atoms with Gasteiger partial charge in [0.05, 0.1) is 23.2 Å². The van der Waals surface area contributed by atoms with E-state index in [2.05, 4.69) is 5.32 Å². The van der Waals surface area contributed by atoms with Gasteiger partial charge in [0.15, 0.2) is 11.9 Å².